The highest BCUT2D eigenvalue weighted by Crippen LogP contribution is 2.15. The fraction of sp³-hybridized carbons (Fsp3) is 0.100. The number of nitrogens with two attached hydrogens (primary N) is 2. The monoisotopic (exact) mass is 188 g/mol. The molecule has 0 aliphatic heterocycles. The molecule has 4 nitrogen and oxygen atoms in total. The van der Waals surface area contributed by atoms with Gasteiger partial charge in [-0.2, -0.15) is 5.10 Å². The lowest BCUT2D eigenvalue weighted by atomic mass is 10.1. The van der Waals surface area contributed by atoms with Gasteiger partial charge in [-0.1, -0.05) is 0 Å². The van der Waals surface area contributed by atoms with E-state index in [1.165, 1.54) is 0 Å². The standard InChI is InChI=1S/C10H12N4/c11-7-8-6-9(2-3-10(8)12)14-5-1-4-13-14/h1-6H,7,11-12H2. The Morgan fingerprint density at radius 3 is 2.86 bits per heavy atom. The zero-order chi connectivity index (χ0) is 9.97. The van der Waals surface area contributed by atoms with E-state index in [1.807, 2.05) is 30.5 Å². The number of hydrogen-bond acceptors (Lipinski definition) is 3. The van der Waals surface area contributed by atoms with Crippen molar-refractivity contribution in [3.63, 3.8) is 0 Å². The topological polar surface area (TPSA) is 69.9 Å². The second-order valence-electron chi connectivity index (χ2n) is 3.04. The molecule has 0 bridgehead atoms. The molecule has 1 aromatic heterocycles. The molecule has 0 fully saturated rings. The van der Waals surface area contributed by atoms with Crippen LogP contribution < -0.4 is 11.5 Å². The molecule has 0 saturated carbocycles. The molecule has 0 spiro atoms. The van der Waals surface area contributed by atoms with Gasteiger partial charge in [0, 0.05) is 24.6 Å². The number of benzene rings is 1. The Labute approximate surface area is 82.1 Å². The third-order valence-electron chi connectivity index (χ3n) is 2.12. The molecule has 1 heterocycles. The van der Waals surface area contributed by atoms with Gasteiger partial charge in [-0.05, 0) is 29.8 Å². The van der Waals surface area contributed by atoms with Gasteiger partial charge in [0.05, 0.1) is 5.69 Å². The van der Waals surface area contributed by atoms with Crippen LogP contribution in [0.4, 0.5) is 5.69 Å². The minimum atomic E-state index is 0.445. The molecule has 4 heteroatoms. The maximum absolute atomic E-state index is 5.74. The Bertz CT molecular complexity index is 420. The van der Waals surface area contributed by atoms with Gasteiger partial charge in [-0.25, -0.2) is 4.68 Å². The first-order chi connectivity index (χ1) is 6.81. The number of nitrogen functional groups attached to an aromatic ring is 1. The predicted molar refractivity (Wildman–Crippen MR) is 55.9 cm³/mol. The zero-order valence-corrected chi connectivity index (χ0v) is 7.72. The van der Waals surface area contributed by atoms with Gasteiger partial charge < -0.3 is 11.5 Å². The van der Waals surface area contributed by atoms with Crippen molar-refractivity contribution >= 4 is 5.69 Å². The summed E-state index contributed by atoms with van der Waals surface area (Å²) in [5.74, 6) is 0. The average molecular weight is 188 g/mol. The minimum Gasteiger partial charge on any atom is -0.398 e. The van der Waals surface area contributed by atoms with Gasteiger partial charge in [0.25, 0.3) is 0 Å². The van der Waals surface area contributed by atoms with Crippen LogP contribution >= 0.6 is 0 Å². The lowest BCUT2D eigenvalue weighted by Crippen LogP contribution is -2.03. The van der Waals surface area contributed by atoms with E-state index >= 15 is 0 Å². The van der Waals surface area contributed by atoms with Crippen LogP contribution in [0, 0.1) is 0 Å². The fourth-order valence-corrected chi connectivity index (χ4v) is 1.33. The van der Waals surface area contributed by atoms with Crippen molar-refractivity contribution in [2.24, 2.45) is 5.73 Å². The molecule has 2 rings (SSSR count). The molecular weight excluding hydrogens is 176 g/mol. The van der Waals surface area contributed by atoms with E-state index in [0.29, 0.717) is 6.54 Å². The largest absolute Gasteiger partial charge is 0.398 e. The van der Waals surface area contributed by atoms with E-state index in [-0.39, 0.29) is 0 Å². The summed E-state index contributed by atoms with van der Waals surface area (Å²) < 4.78 is 1.78. The van der Waals surface area contributed by atoms with Crippen molar-refractivity contribution in [3.8, 4) is 5.69 Å². The van der Waals surface area contributed by atoms with E-state index < -0.39 is 0 Å². The van der Waals surface area contributed by atoms with Crippen LogP contribution in [0.15, 0.2) is 36.7 Å². The molecule has 0 aliphatic rings. The highest BCUT2D eigenvalue weighted by Gasteiger charge is 2.00. The van der Waals surface area contributed by atoms with Crippen LogP contribution in [0.3, 0.4) is 0 Å². The Balaban J connectivity index is 2.46. The van der Waals surface area contributed by atoms with E-state index in [4.69, 9.17) is 11.5 Å². The molecule has 2 aromatic rings. The van der Waals surface area contributed by atoms with E-state index in [9.17, 15) is 0 Å². The predicted octanol–water partition coefficient (Wildman–Crippen LogP) is 0.913. The van der Waals surface area contributed by atoms with Crippen molar-refractivity contribution in [2.45, 2.75) is 6.54 Å². The van der Waals surface area contributed by atoms with E-state index in [2.05, 4.69) is 5.10 Å². The van der Waals surface area contributed by atoms with Gasteiger partial charge in [-0.3, -0.25) is 0 Å². The summed E-state index contributed by atoms with van der Waals surface area (Å²) >= 11 is 0. The molecular formula is C10H12N4. The van der Waals surface area contributed by atoms with Crippen LogP contribution in [0.25, 0.3) is 5.69 Å². The molecule has 0 unspecified atom stereocenters. The summed E-state index contributed by atoms with van der Waals surface area (Å²) in [6, 6.07) is 7.58. The normalized spacial score (nSPS) is 10.4. The number of aromatic nitrogens is 2. The van der Waals surface area contributed by atoms with Crippen molar-refractivity contribution in [1.29, 1.82) is 0 Å². The SMILES string of the molecule is NCc1cc(-n2cccn2)ccc1N. The quantitative estimate of drug-likeness (QED) is 0.688. The Morgan fingerprint density at radius 2 is 2.21 bits per heavy atom. The smallest absolute Gasteiger partial charge is 0.0650 e. The lowest BCUT2D eigenvalue weighted by molar-refractivity contribution is 0.876. The molecule has 72 valence electrons. The Hall–Kier alpha value is -1.81. The Morgan fingerprint density at radius 1 is 1.36 bits per heavy atom. The van der Waals surface area contributed by atoms with Crippen molar-refractivity contribution < 1.29 is 0 Å². The summed E-state index contributed by atoms with van der Waals surface area (Å²) in [5.41, 5.74) is 14.0. The maximum atomic E-state index is 5.74. The molecule has 0 saturated heterocycles. The number of anilines is 1. The summed E-state index contributed by atoms with van der Waals surface area (Å²) in [5, 5.41) is 4.13. The number of rotatable bonds is 2. The van der Waals surface area contributed by atoms with Crippen molar-refractivity contribution in [2.75, 3.05) is 5.73 Å². The molecule has 0 aliphatic carbocycles. The van der Waals surface area contributed by atoms with Crippen LogP contribution in [0.2, 0.25) is 0 Å². The first kappa shape index (κ1) is 8.77. The third-order valence-corrected chi connectivity index (χ3v) is 2.12. The van der Waals surface area contributed by atoms with Gasteiger partial charge in [-0.15, -0.1) is 0 Å². The highest BCUT2D eigenvalue weighted by molar-refractivity contribution is 5.52. The van der Waals surface area contributed by atoms with Gasteiger partial charge in [0.2, 0.25) is 0 Å². The lowest BCUT2D eigenvalue weighted by Gasteiger charge is -2.06. The highest BCUT2D eigenvalue weighted by atomic mass is 15.3. The van der Waals surface area contributed by atoms with Gasteiger partial charge in [0.15, 0.2) is 0 Å². The number of hydrogen-bond donors (Lipinski definition) is 2. The van der Waals surface area contributed by atoms with Crippen molar-refractivity contribution in [1.82, 2.24) is 9.78 Å². The van der Waals surface area contributed by atoms with Gasteiger partial charge in [0.1, 0.15) is 0 Å². The Kier molecular flexibility index (Phi) is 2.20. The van der Waals surface area contributed by atoms with Gasteiger partial charge >= 0.3 is 0 Å². The molecule has 0 radical (unpaired) electrons. The van der Waals surface area contributed by atoms with Crippen LogP contribution in [-0.4, -0.2) is 9.78 Å². The summed E-state index contributed by atoms with van der Waals surface area (Å²) in [7, 11) is 0. The summed E-state index contributed by atoms with van der Waals surface area (Å²) in [4.78, 5) is 0. The fourth-order valence-electron chi connectivity index (χ4n) is 1.33. The first-order valence-electron chi connectivity index (χ1n) is 4.40. The first-order valence-corrected chi connectivity index (χ1v) is 4.40. The summed E-state index contributed by atoms with van der Waals surface area (Å²) in [6.07, 6.45) is 3.62. The van der Waals surface area contributed by atoms with Crippen LogP contribution in [-0.2, 0) is 6.54 Å². The maximum Gasteiger partial charge on any atom is 0.0650 e. The molecule has 1 aromatic carbocycles. The molecule has 14 heavy (non-hydrogen) atoms. The summed E-state index contributed by atoms with van der Waals surface area (Å²) in [6.45, 7) is 0.445. The van der Waals surface area contributed by atoms with E-state index in [1.54, 1.807) is 10.9 Å². The molecule has 0 amide bonds. The minimum absolute atomic E-state index is 0.445. The van der Waals surface area contributed by atoms with Crippen LogP contribution in [0.5, 0.6) is 0 Å². The second kappa shape index (κ2) is 3.51. The second-order valence-corrected chi connectivity index (χ2v) is 3.04. The number of nitrogens with zero attached hydrogens (tertiary/aromatic N) is 2. The zero-order valence-electron chi connectivity index (χ0n) is 7.72. The third kappa shape index (κ3) is 1.47. The average Bonchev–Trinajstić information content (AvgIpc) is 2.71. The molecule has 4 N–H and O–H groups in total. The molecule has 0 atom stereocenters. The van der Waals surface area contributed by atoms with Crippen LogP contribution in [0.1, 0.15) is 5.56 Å². The van der Waals surface area contributed by atoms with Crippen molar-refractivity contribution in [3.05, 3.63) is 42.2 Å². The van der Waals surface area contributed by atoms with E-state index in [0.717, 1.165) is 16.9 Å².